The molecule has 0 N–H and O–H groups in total. The Hall–Kier alpha value is -7.16. The number of hydrogen-bond acceptors (Lipinski definition) is 0. The van der Waals surface area contributed by atoms with Gasteiger partial charge in [0.1, 0.15) is 0 Å². The second-order valence-corrected chi connectivity index (χ2v) is 15.3. The smallest absolute Gasteiger partial charge is 0.193 e. The van der Waals surface area contributed by atoms with Crippen LogP contribution in [0.4, 0.5) is 0 Å². The molecule has 0 unspecified atom stereocenters. The fourth-order valence-electron chi connectivity index (χ4n) is 9.48. The standard InChI is InChI=1S/C54H34BN/c1-3-11-34(12-4-1)35-20-25-51-47(30-35)48-31-37(21-26-52(48)55-51)39-23-28-54-50(33-39)49-32-38(22-27-53(49)56(54)40-13-5-2-6-14-40)36-19-24-45-43-17-8-7-15-41(43)42-16-9-10-18-44(42)46(45)29-36/h1-33,55H. The summed E-state index contributed by atoms with van der Waals surface area (Å²) in [7, 11) is 0.979. The van der Waals surface area contributed by atoms with Gasteiger partial charge in [0, 0.05) is 16.5 Å². The Balaban J connectivity index is 1.03. The van der Waals surface area contributed by atoms with E-state index in [0.29, 0.717) is 0 Å². The average Bonchev–Trinajstić information content (AvgIpc) is 3.81. The Morgan fingerprint density at radius 3 is 1.21 bits per heavy atom. The molecule has 56 heavy (non-hydrogen) atoms. The van der Waals surface area contributed by atoms with E-state index in [2.05, 4.69) is 205 Å². The van der Waals surface area contributed by atoms with E-state index in [1.54, 1.807) is 0 Å². The average molecular weight is 708 g/mol. The largest absolute Gasteiger partial charge is 0.309 e. The van der Waals surface area contributed by atoms with Crippen LogP contribution in [0, 0.1) is 0 Å². The van der Waals surface area contributed by atoms with Crippen molar-refractivity contribution in [1.82, 2.24) is 4.57 Å². The first kappa shape index (κ1) is 31.2. The molecule has 0 bridgehead atoms. The summed E-state index contributed by atoms with van der Waals surface area (Å²) in [6, 6.07) is 74.3. The number of hydrogen-bond donors (Lipinski definition) is 0. The van der Waals surface area contributed by atoms with Crippen LogP contribution in [0.5, 0.6) is 0 Å². The lowest BCUT2D eigenvalue weighted by Gasteiger charge is -2.12. The molecule has 0 atom stereocenters. The minimum Gasteiger partial charge on any atom is -0.309 e. The number of fused-ring (bicyclic) bond motifs is 12. The molecule has 1 aliphatic rings. The van der Waals surface area contributed by atoms with Crippen molar-refractivity contribution < 1.29 is 0 Å². The van der Waals surface area contributed by atoms with E-state index >= 15 is 0 Å². The molecule has 10 aromatic carbocycles. The van der Waals surface area contributed by atoms with Crippen molar-refractivity contribution in [2.45, 2.75) is 0 Å². The SMILES string of the molecule is B1c2ccc(-c3ccccc3)cc2-c2cc(-c3ccc4c(c3)c3cc(-c5ccc6c7ccccc7c7ccccc7c6c5)ccc3n4-c3ccccc3)ccc21. The lowest BCUT2D eigenvalue weighted by molar-refractivity contribution is 1.18. The zero-order valence-corrected chi connectivity index (χ0v) is 30.7. The summed E-state index contributed by atoms with van der Waals surface area (Å²) in [6.07, 6.45) is 0. The summed E-state index contributed by atoms with van der Waals surface area (Å²) in [5, 5.41) is 10.3. The molecular formula is C54H34BN. The molecule has 0 spiro atoms. The van der Waals surface area contributed by atoms with Gasteiger partial charge in [-0.05, 0) is 131 Å². The molecule has 12 rings (SSSR count). The van der Waals surface area contributed by atoms with Crippen LogP contribution in [0.2, 0.25) is 0 Å². The molecular weight excluding hydrogens is 673 g/mol. The van der Waals surface area contributed by atoms with Crippen LogP contribution in [0.1, 0.15) is 0 Å². The lowest BCUT2D eigenvalue weighted by Crippen LogP contribution is -2.20. The van der Waals surface area contributed by atoms with Crippen LogP contribution < -0.4 is 10.9 Å². The maximum absolute atomic E-state index is 2.42. The quantitative estimate of drug-likeness (QED) is 0.127. The molecule has 1 aromatic heterocycles. The molecule has 0 saturated heterocycles. The van der Waals surface area contributed by atoms with Crippen molar-refractivity contribution >= 4 is 72.3 Å². The Bertz CT molecular complexity index is 3340. The molecule has 0 radical (unpaired) electrons. The van der Waals surface area contributed by atoms with Gasteiger partial charge in [-0.1, -0.05) is 157 Å². The van der Waals surface area contributed by atoms with Crippen molar-refractivity contribution in [1.29, 1.82) is 0 Å². The molecule has 11 aromatic rings. The summed E-state index contributed by atoms with van der Waals surface area (Å²) >= 11 is 0. The van der Waals surface area contributed by atoms with Crippen LogP contribution in [0.15, 0.2) is 200 Å². The highest BCUT2D eigenvalue weighted by molar-refractivity contribution is 6.73. The molecule has 0 saturated carbocycles. The molecule has 2 heterocycles. The zero-order chi connectivity index (χ0) is 36.7. The molecule has 0 amide bonds. The van der Waals surface area contributed by atoms with Gasteiger partial charge in [0.05, 0.1) is 11.0 Å². The summed E-state index contributed by atoms with van der Waals surface area (Å²) in [4.78, 5) is 0. The van der Waals surface area contributed by atoms with E-state index in [9.17, 15) is 0 Å². The van der Waals surface area contributed by atoms with E-state index < -0.39 is 0 Å². The van der Waals surface area contributed by atoms with Crippen LogP contribution >= 0.6 is 0 Å². The molecule has 0 aliphatic carbocycles. The fourth-order valence-corrected chi connectivity index (χ4v) is 9.48. The van der Waals surface area contributed by atoms with E-state index in [1.165, 1.54) is 115 Å². The van der Waals surface area contributed by atoms with Gasteiger partial charge in [0.25, 0.3) is 0 Å². The first-order chi connectivity index (χ1) is 27.7. The van der Waals surface area contributed by atoms with Gasteiger partial charge < -0.3 is 4.57 Å². The van der Waals surface area contributed by atoms with Crippen LogP contribution in [0.3, 0.4) is 0 Å². The number of para-hydroxylation sites is 1. The van der Waals surface area contributed by atoms with Crippen molar-refractivity contribution in [2.75, 3.05) is 0 Å². The van der Waals surface area contributed by atoms with Crippen molar-refractivity contribution in [3.05, 3.63) is 200 Å². The first-order valence-corrected chi connectivity index (χ1v) is 19.5. The summed E-state index contributed by atoms with van der Waals surface area (Å²) in [6.45, 7) is 0. The first-order valence-electron chi connectivity index (χ1n) is 19.5. The Morgan fingerprint density at radius 1 is 0.268 bits per heavy atom. The van der Waals surface area contributed by atoms with Gasteiger partial charge in [0.15, 0.2) is 7.28 Å². The molecule has 1 aliphatic heterocycles. The minimum absolute atomic E-state index is 0.979. The number of aromatic nitrogens is 1. The third-order valence-corrected chi connectivity index (χ3v) is 12.2. The van der Waals surface area contributed by atoms with Gasteiger partial charge in [-0.15, -0.1) is 0 Å². The Kier molecular flexibility index (Phi) is 6.79. The number of rotatable bonds is 4. The van der Waals surface area contributed by atoms with Crippen LogP contribution in [0.25, 0.3) is 104 Å². The van der Waals surface area contributed by atoms with Gasteiger partial charge >= 0.3 is 0 Å². The van der Waals surface area contributed by atoms with Crippen molar-refractivity contribution in [3.63, 3.8) is 0 Å². The van der Waals surface area contributed by atoms with Crippen LogP contribution in [-0.2, 0) is 0 Å². The predicted molar refractivity (Wildman–Crippen MR) is 241 cm³/mol. The Labute approximate surface area is 326 Å². The van der Waals surface area contributed by atoms with Crippen molar-refractivity contribution in [2.24, 2.45) is 0 Å². The highest BCUT2D eigenvalue weighted by atomic mass is 15.0. The monoisotopic (exact) mass is 707 g/mol. The summed E-state index contributed by atoms with van der Waals surface area (Å²) < 4.78 is 2.42. The molecule has 1 nitrogen and oxygen atoms in total. The third kappa shape index (κ3) is 4.76. The number of benzene rings is 10. The fraction of sp³-hybridized carbons (Fsp3) is 0. The highest BCUT2D eigenvalue weighted by Gasteiger charge is 2.22. The summed E-state index contributed by atoms with van der Waals surface area (Å²) in [5.41, 5.74) is 16.5. The van der Waals surface area contributed by atoms with Gasteiger partial charge in [0.2, 0.25) is 0 Å². The maximum Gasteiger partial charge on any atom is 0.193 e. The van der Waals surface area contributed by atoms with Gasteiger partial charge in [-0.25, -0.2) is 0 Å². The maximum atomic E-state index is 2.42. The molecule has 258 valence electrons. The zero-order valence-electron chi connectivity index (χ0n) is 30.7. The van der Waals surface area contributed by atoms with E-state index in [1.807, 2.05) is 0 Å². The molecule has 0 fully saturated rings. The van der Waals surface area contributed by atoms with Gasteiger partial charge in [-0.2, -0.15) is 0 Å². The minimum atomic E-state index is 0.979. The van der Waals surface area contributed by atoms with E-state index in [4.69, 9.17) is 0 Å². The lowest BCUT2D eigenvalue weighted by atomic mass is 9.68. The molecule has 2 heteroatoms. The number of nitrogens with zero attached hydrogens (tertiary/aromatic N) is 1. The highest BCUT2D eigenvalue weighted by Crippen LogP contribution is 2.40. The van der Waals surface area contributed by atoms with E-state index in [-0.39, 0.29) is 0 Å². The topological polar surface area (TPSA) is 4.93 Å². The van der Waals surface area contributed by atoms with E-state index in [0.717, 1.165) is 7.28 Å². The van der Waals surface area contributed by atoms with Crippen molar-refractivity contribution in [3.8, 4) is 50.2 Å². The third-order valence-electron chi connectivity index (χ3n) is 12.2. The summed E-state index contributed by atoms with van der Waals surface area (Å²) in [5.74, 6) is 0. The normalized spacial score (nSPS) is 12.1. The van der Waals surface area contributed by atoms with Gasteiger partial charge in [-0.3, -0.25) is 0 Å². The van der Waals surface area contributed by atoms with Crippen LogP contribution in [-0.4, -0.2) is 11.8 Å². The predicted octanol–water partition coefficient (Wildman–Crippen LogP) is 12.6. The Morgan fingerprint density at radius 2 is 0.661 bits per heavy atom. The second-order valence-electron chi connectivity index (χ2n) is 15.3. The second kappa shape index (κ2) is 12.2.